The fourth-order valence-electron chi connectivity index (χ4n) is 3.01. The van der Waals surface area contributed by atoms with Crippen LogP contribution < -0.4 is 10.1 Å². The van der Waals surface area contributed by atoms with E-state index in [-0.39, 0.29) is 12.0 Å². The SMILES string of the molecule is O=C(NCCCN1CCC(O)CC1)c1ccccc1OCC1CC1. The molecule has 0 atom stereocenters. The number of piperidine rings is 1. The van der Waals surface area contributed by atoms with E-state index in [0.29, 0.717) is 30.4 Å². The highest BCUT2D eigenvalue weighted by atomic mass is 16.5. The van der Waals surface area contributed by atoms with E-state index in [4.69, 9.17) is 4.74 Å². The summed E-state index contributed by atoms with van der Waals surface area (Å²) in [6, 6.07) is 7.47. The topological polar surface area (TPSA) is 61.8 Å². The van der Waals surface area contributed by atoms with E-state index >= 15 is 0 Å². The molecular formula is C19H28N2O3. The predicted molar refractivity (Wildman–Crippen MR) is 93.3 cm³/mol. The molecule has 24 heavy (non-hydrogen) atoms. The van der Waals surface area contributed by atoms with Crippen LogP contribution in [0.3, 0.4) is 0 Å². The lowest BCUT2D eigenvalue weighted by molar-refractivity contribution is 0.0816. The van der Waals surface area contributed by atoms with E-state index in [0.717, 1.165) is 38.9 Å². The number of hydrogen-bond acceptors (Lipinski definition) is 4. The van der Waals surface area contributed by atoms with Crippen molar-refractivity contribution in [3.05, 3.63) is 29.8 Å². The third-order valence-electron chi connectivity index (χ3n) is 4.80. The van der Waals surface area contributed by atoms with Crippen LogP contribution in [-0.2, 0) is 0 Å². The van der Waals surface area contributed by atoms with Crippen LogP contribution in [0.4, 0.5) is 0 Å². The van der Waals surface area contributed by atoms with E-state index in [2.05, 4.69) is 10.2 Å². The van der Waals surface area contributed by atoms with E-state index in [1.807, 2.05) is 24.3 Å². The van der Waals surface area contributed by atoms with Gasteiger partial charge in [0.25, 0.3) is 5.91 Å². The predicted octanol–water partition coefficient (Wildman–Crippen LogP) is 2.05. The van der Waals surface area contributed by atoms with Gasteiger partial charge in [-0.2, -0.15) is 0 Å². The third-order valence-corrected chi connectivity index (χ3v) is 4.80. The van der Waals surface area contributed by atoms with Crippen LogP contribution in [0.5, 0.6) is 5.75 Å². The van der Waals surface area contributed by atoms with Crippen molar-refractivity contribution in [2.75, 3.05) is 32.8 Å². The molecule has 2 fully saturated rings. The Balaban J connectivity index is 1.40. The minimum Gasteiger partial charge on any atom is -0.492 e. The summed E-state index contributed by atoms with van der Waals surface area (Å²) in [4.78, 5) is 14.7. The number of aliphatic hydroxyl groups excluding tert-OH is 1. The van der Waals surface area contributed by atoms with Crippen LogP contribution in [0.2, 0.25) is 0 Å². The number of nitrogens with zero attached hydrogens (tertiary/aromatic N) is 1. The Labute approximate surface area is 144 Å². The van der Waals surface area contributed by atoms with Crippen LogP contribution in [0, 0.1) is 5.92 Å². The minimum atomic E-state index is -0.131. The Morgan fingerprint density at radius 2 is 1.96 bits per heavy atom. The number of carbonyl (C=O) groups is 1. The van der Waals surface area contributed by atoms with Crippen molar-refractivity contribution >= 4 is 5.91 Å². The standard InChI is InChI=1S/C19H28N2O3/c22-16-8-12-21(13-9-16)11-3-10-20-19(23)17-4-1-2-5-18(17)24-14-15-6-7-15/h1-2,4-5,15-16,22H,3,6-14H2,(H,20,23). The van der Waals surface area contributed by atoms with Gasteiger partial charge in [0, 0.05) is 19.6 Å². The molecule has 1 aliphatic carbocycles. The number of nitrogens with one attached hydrogen (secondary N) is 1. The largest absolute Gasteiger partial charge is 0.492 e. The maximum atomic E-state index is 12.4. The number of benzene rings is 1. The Bertz CT molecular complexity index is 537. The van der Waals surface area contributed by atoms with Gasteiger partial charge in [-0.3, -0.25) is 4.79 Å². The molecular weight excluding hydrogens is 304 g/mol. The van der Waals surface area contributed by atoms with E-state index in [9.17, 15) is 9.90 Å². The fraction of sp³-hybridized carbons (Fsp3) is 0.632. The normalized spacial score (nSPS) is 19.2. The lowest BCUT2D eigenvalue weighted by atomic mass is 10.1. The highest BCUT2D eigenvalue weighted by Crippen LogP contribution is 2.30. The highest BCUT2D eigenvalue weighted by molar-refractivity contribution is 5.96. The Morgan fingerprint density at radius 3 is 2.71 bits per heavy atom. The maximum Gasteiger partial charge on any atom is 0.255 e. The second-order valence-electron chi connectivity index (χ2n) is 6.93. The maximum absolute atomic E-state index is 12.4. The van der Waals surface area contributed by atoms with Crippen LogP contribution in [0.15, 0.2) is 24.3 Å². The summed E-state index contributed by atoms with van der Waals surface area (Å²) in [7, 11) is 0. The molecule has 1 saturated heterocycles. The molecule has 0 aromatic heterocycles. The van der Waals surface area contributed by atoms with Gasteiger partial charge in [0.05, 0.1) is 18.3 Å². The number of carbonyl (C=O) groups excluding carboxylic acids is 1. The van der Waals surface area contributed by atoms with Crippen molar-refractivity contribution in [1.29, 1.82) is 0 Å². The van der Waals surface area contributed by atoms with Gasteiger partial charge in [-0.1, -0.05) is 12.1 Å². The van der Waals surface area contributed by atoms with E-state index < -0.39 is 0 Å². The van der Waals surface area contributed by atoms with Gasteiger partial charge in [0.1, 0.15) is 5.75 Å². The van der Waals surface area contributed by atoms with Gasteiger partial charge in [-0.25, -0.2) is 0 Å². The van der Waals surface area contributed by atoms with Crippen molar-refractivity contribution in [3.8, 4) is 5.75 Å². The number of likely N-dealkylation sites (tertiary alicyclic amines) is 1. The van der Waals surface area contributed by atoms with Gasteiger partial charge in [0.15, 0.2) is 0 Å². The lowest BCUT2D eigenvalue weighted by Crippen LogP contribution is -2.37. The number of aliphatic hydroxyl groups is 1. The molecule has 3 rings (SSSR count). The monoisotopic (exact) mass is 332 g/mol. The van der Waals surface area contributed by atoms with Crippen molar-refractivity contribution in [1.82, 2.24) is 10.2 Å². The number of ether oxygens (including phenoxy) is 1. The summed E-state index contributed by atoms with van der Waals surface area (Å²) >= 11 is 0. The quantitative estimate of drug-likeness (QED) is 0.715. The average Bonchev–Trinajstić information content (AvgIpc) is 3.43. The van der Waals surface area contributed by atoms with Gasteiger partial charge >= 0.3 is 0 Å². The molecule has 0 unspecified atom stereocenters. The molecule has 5 nitrogen and oxygen atoms in total. The van der Waals surface area contributed by atoms with Crippen molar-refractivity contribution in [3.63, 3.8) is 0 Å². The Hall–Kier alpha value is -1.59. The second-order valence-corrected chi connectivity index (χ2v) is 6.93. The molecule has 2 N–H and O–H groups in total. The first-order valence-electron chi connectivity index (χ1n) is 9.13. The van der Waals surface area contributed by atoms with Crippen molar-refractivity contribution in [2.45, 2.75) is 38.2 Å². The summed E-state index contributed by atoms with van der Waals surface area (Å²) in [5, 5.41) is 12.5. The van der Waals surface area contributed by atoms with Gasteiger partial charge in [0.2, 0.25) is 0 Å². The average molecular weight is 332 g/mol. The van der Waals surface area contributed by atoms with Crippen LogP contribution in [0.1, 0.15) is 42.5 Å². The van der Waals surface area contributed by atoms with Gasteiger partial charge in [-0.15, -0.1) is 0 Å². The summed E-state index contributed by atoms with van der Waals surface area (Å²) in [5.41, 5.74) is 0.624. The number of amides is 1. The summed E-state index contributed by atoms with van der Waals surface area (Å²) in [6.45, 7) is 4.24. The Kier molecular flexibility index (Phi) is 6.10. The van der Waals surface area contributed by atoms with Crippen LogP contribution in [0.25, 0.3) is 0 Å². The van der Waals surface area contributed by atoms with Crippen molar-refractivity contribution in [2.24, 2.45) is 5.92 Å². The zero-order valence-electron chi connectivity index (χ0n) is 14.2. The molecule has 1 aromatic rings. The first kappa shape index (κ1) is 17.2. The van der Waals surface area contributed by atoms with Gasteiger partial charge in [-0.05, 0) is 56.7 Å². The molecule has 0 spiro atoms. The van der Waals surface area contributed by atoms with E-state index in [1.54, 1.807) is 0 Å². The summed E-state index contributed by atoms with van der Waals surface area (Å²) in [6.07, 6.45) is 4.99. The molecule has 0 bridgehead atoms. The molecule has 1 saturated carbocycles. The molecule has 1 aromatic carbocycles. The van der Waals surface area contributed by atoms with Crippen LogP contribution in [-0.4, -0.2) is 54.8 Å². The van der Waals surface area contributed by atoms with Gasteiger partial charge < -0.3 is 20.1 Å². The fourth-order valence-corrected chi connectivity index (χ4v) is 3.01. The molecule has 1 aliphatic heterocycles. The number of hydrogen-bond donors (Lipinski definition) is 2. The molecule has 132 valence electrons. The van der Waals surface area contributed by atoms with Crippen molar-refractivity contribution < 1.29 is 14.6 Å². The minimum absolute atomic E-state index is 0.0598. The molecule has 0 radical (unpaired) electrons. The molecule has 1 amide bonds. The number of rotatable bonds is 8. The van der Waals surface area contributed by atoms with Crippen LogP contribution >= 0.6 is 0 Å². The second kappa shape index (κ2) is 8.49. The lowest BCUT2D eigenvalue weighted by Gasteiger charge is -2.29. The first-order valence-corrected chi connectivity index (χ1v) is 9.13. The molecule has 5 heteroatoms. The molecule has 2 aliphatic rings. The zero-order chi connectivity index (χ0) is 16.8. The summed E-state index contributed by atoms with van der Waals surface area (Å²) < 4.78 is 5.80. The molecule has 1 heterocycles. The Morgan fingerprint density at radius 1 is 1.21 bits per heavy atom. The number of para-hydroxylation sites is 1. The third kappa shape index (κ3) is 5.21. The van der Waals surface area contributed by atoms with E-state index in [1.165, 1.54) is 12.8 Å². The zero-order valence-corrected chi connectivity index (χ0v) is 14.2. The smallest absolute Gasteiger partial charge is 0.255 e. The summed E-state index contributed by atoms with van der Waals surface area (Å²) in [5.74, 6) is 1.30. The first-order chi connectivity index (χ1) is 11.7. The highest BCUT2D eigenvalue weighted by Gasteiger charge is 2.23.